The summed E-state index contributed by atoms with van der Waals surface area (Å²) in [6.45, 7) is 9.00. The minimum absolute atomic E-state index is 0.111. The Labute approximate surface area is 200 Å². The second-order valence-corrected chi connectivity index (χ2v) is 9.90. The van der Waals surface area contributed by atoms with Gasteiger partial charge in [0.05, 0.1) is 5.69 Å². The first kappa shape index (κ1) is 23.2. The van der Waals surface area contributed by atoms with Gasteiger partial charge in [0, 0.05) is 49.1 Å². The summed E-state index contributed by atoms with van der Waals surface area (Å²) in [5.74, 6) is 0. The van der Waals surface area contributed by atoms with Gasteiger partial charge in [-0.3, -0.25) is 4.90 Å². The number of rotatable bonds is 2. The van der Waals surface area contributed by atoms with Crippen molar-refractivity contribution in [2.24, 2.45) is 0 Å². The topological polar surface area (TPSA) is 65.1 Å². The molecule has 2 heterocycles. The fraction of sp³-hybridized carbons (Fsp3) is 0.440. The summed E-state index contributed by atoms with van der Waals surface area (Å²) >= 11 is 6.11. The maximum atomic E-state index is 12.9. The van der Waals surface area contributed by atoms with E-state index in [4.69, 9.17) is 16.3 Å². The van der Waals surface area contributed by atoms with E-state index in [1.165, 1.54) is 0 Å². The predicted octanol–water partition coefficient (Wildman–Crippen LogP) is 5.38. The fourth-order valence-corrected chi connectivity index (χ4v) is 4.41. The lowest BCUT2D eigenvalue weighted by molar-refractivity contribution is 0.0578. The number of piperazine rings is 1. The predicted molar refractivity (Wildman–Crippen MR) is 133 cm³/mol. The van der Waals surface area contributed by atoms with Crippen LogP contribution in [0.4, 0.5) is 26.7 Å². The number of amides is 3. The lowest BCUT2D eigenvalue weighted by atomic mass is 10.0. The summed E-state index contributed by atoms with van der Waals surface area (Å²) in [6.07, 6.45) is 1.38. The van der Waals surface area contributed by atoms with Crippen molar-refractivity contribution in [3.8, 4) is 0 Å². The number of hydrogen-bond donors (Lipinski definition) is 1. The van der Waals surface area contributed by atoms with Gasteiger partial charge in [0.25, 0.3) is 0 Å². The number of anilines is 3. The number of carbonyl (C=O) groups is 2. The molecule has 2 aliphatic heterocycles. The van der Waals surface area contributed by atoms with Crippen molar-refractivity contribution >= 4 is 40.8 Å². The van der Waals surface area contributed by atoms with Gasteiger partial charge in [-0.15, -0.1) is 0 Å². The quantitative estimate of drug-likeness (QED) is 0.639. The van der Waals surface area contributed by atoms with Crippen LogP contribution >= 0.6 is 11.6 Å². The van der Waals surface area contributed by atoms with Crippen LogP contribution in [-0.4, -0.2) is 55.3 Å². The standard InChI is InChI=1S/C25H31ClN4O3/c1-25(2,3)33-24(32)30-11-5-6-18-16-20(9-10-22(18)30)27-23(31)29-14-12-28(13-15-29)21-8-4-7-19(26)17-21/h4,7-10,16-17H,5-6,11-15H2,1-3H3,(H,27,31). The molecule has 7 nitrogen and oxygen atoms in total. The number of nitrogens with zero attached hydrogens (tertiary/aromatic N) is 3. The average molecular weight is 471 g/mol. The number of halogens is 1. The van der Waals surface area contributed by atoms with Gasteiger partial charge in [-0.05, 0) is 75.6 Å². The highest BCUT2D eigenvalue weighted by Gasteiger charge is 2.28. The first-order valence-electron chi connectivity index (χ1n) is 11.4. The Kier molecular flexibility index (Phi) is 6.70. The fourth-order valence-electron chi connectivity index (χ4n) is 4.22. The first-order chi connectivity index (χ1) is 15.7. The van der Waals surface area contributed by atoms with Crippen molar-refractivity contribution in [2.75, 3.05) is 47.8 Å². The summed E-state index contributed by atoms with van der Waals surface area (Å²) < 4.78 is 5.55. The SMILES string of the molecule is CC(C)(C)OC(=O)N1CCCc2cc(NC(=O)N3CCN(c4cccc(Cl)c4)CC3)ccc21. The maximum Gasteiger partial charge on any atom is 0.414 e. The zero-order chi connectivity index (χ0) is 23.6. The van der Waals surface area contributed by atoms with Crippen LogP contribution in [0.25, 0.3) is 0 Å². The van der Waals surface area contributed by atoms with E-state index in [1.54, 1.807) is 4.90 Å². The molecule has 3 amide bonds. The number of ether oxygens (including phenoxy) is 1. The average Bonchev–Trinajstić information content (AvgIpc) is 2.77. The molecule has 2 aromatic rings. The number of fused-ring (bicyclic) bond motifs is 1. The van der Waals surface area contributed by atoms with Crippen LogP contribution in [0.2, 0.25) is 5.02 Å². The van der Waals surface area contributed by atoms with E-state index in [-0.39, 0.29) is 12.1 Å². The minimum Gasteiger partial charge on any atom is -0.443 e. The van der Waals surface area contributed by atoms with Crippen molar-refractivity contribution in [3.05, 3.63) is 53.1 Å². The first-order valence-corrected chi connectivity index (χ1v) is 11.8. The monoisotopic (exact) mass is 470 g/mol. The lowest BCUT2D eigenvalue weighted by Crippen LogP contribution is -2.50. The molecule has 0 radical (unpaired) electrons. The Morgan fingerprint density at radius 3 is 2.45 bits per heavy atom. The van der Waals surface area contributed by atoms with Gasteiger partial charge in [-0.2, -0.15) is 0 Å². The summed E-state index contributed by atoms with van der Waals surface area (Å²) in [5.41, 5.74) is 3.16. The normalized spacial score (nSPS) is 16.3. The zero-order valence-corrected chi connectivity index (χ0v) is 20.2. The van der Waals surface area contributed by atoms with Crippen LogP contribution in [0.3, 0.4) is 0 Å². The summed E-state index contributed by atoms with van der Waals surface area (Å²) in [5, 5.41) is 3.73. The molecule has 2 aromatic carbocycles. The van der Waals surface area contributed by atoms with E-state index in [9.17, 15) is 9.59 Å². The van der Waals surface area contributed by atoms with E-state index in [2.05, 4.69) is 10.2 Å². The van der Waals surface area contributed by atoms with Crippen molar-refractivity contribution in [2.45, 2.75) is 39.2 Å². The van der Waals surface area contributed by atoms with Crippen LogP contribution in [0.1, 0.15) is 32.8 Å². The van der Waals surface area contributed by atoms with E-state index in [1.807, 2.05) is 68.1 Å². The Hall–Kier alpha value is -2.93. The molecule has 0 atom stereocenters. The molecule has 176 valence electrons. The number of hydrogen-bond acceptors (Lipinski definition) is 4. The molecule has 4 rings (SSSR count). The van der Waals surface area contributed by atoms with Crippen LogP contribution < -0.4 is 15.1 Å². The Balaban J connectivity index is 1.37. The van der Waals surface area contributed by atoms with Gasteiger partial charge in [0.2, 0.25) is 0 Å². The Morgan fingerprint density at radius 1 is 1.00 bits per heavy atom. The van der Waals surface area contributed by atoms with Crippen LogP contribution in [0, 0.1) is 0 Å². The molecule has 0 bridgehead atoms. The minimum atomic E-state index is -0.542. The number of aryl methyl sites for hydroxylation is 1. The smallest absolute Gasteiger partial charge is 0.414 e. The number of carbonyl (C=O) groups excluding carboxylic acids is 2. The van der Waals surface area contributed by atoms with Crippen LogP contribution in [-0.2, 0) is 11.2 Å². The maximum absolute atomic E-state index is 12.9. The highest BCUT2D eigenvalue weighted by atomic mass is 35.5. The van der Waals surface area contributed by atoms with Crippen molar-refractivity contribution < 1.29 is 14.3 Å². The second-order valence-electron chi connectivity index (χ2n) is 9.46. The highest BCUT2D eigenvalue weighted by molar-refractivity contribution is 6.30. The van der Waals surface area contributed by atoms with Gasteiger partial charge in [0.1, 0.15) is 5.60 Å². The third-order valence-corrected chi connectivity index (χ3v) is 6.04. The van der Waals surface area contributed by atoms with Crippen LogP contribution in [0.5, 0.6) is 0 Å². The third kappa shape index (κ3) is 5.71. The van der Waals surface area contributed by atoms with Crippen molar-refractivity contribution in [3.63, 3.8) is 0 Å². The molecule has 0 unspecified atom stereocenters. The Morgan fingerprint density at radius 2 is 1.76 bits per heavy atom. The Bertz CT molecular complexity index is 1030. The molecule has 1 saturated heterocycles. The molecule has 0 aromatic heterocycles. The summed E-state index contributed by atoms with van der Waals surface area (Å²) in [6, 6.07) is 13.4. The van der Waals surface area contributed by atoms with Crippen molar-refractivity contribution in [1.82, 2.24) is 4.90 Å². The van der Waals surface area contributed by atoms with E-state index in [0.717, 1.165) is 48.6 Å². The van der Waals surface area contributed by atoms with Gasteiger partial charge < -0.3 is 19.9 Å². The van der Waals surface area contributed by atoms with Crippen molar-refractivity contribution in [1.29, 1.82) is 0 Å². The third-order valence-electron chi connectivity index (χ3n) is 5.80. The zero-order valence-electron chi connectivity index (χ0n) is 19.4. The van der Waals surface area contributed by atoms with E-state index < -0.39 is 5.60 Å². The van der Waals surface area contributed by atoms with Gasteiger partial charge in [-0.25, -0.2) is 9.59 Å². The van der Waals surface area contributed by atoms with Gasteiger partial charge in [-0.1, -0.05) is 17.7 Å². The number of urea groups is 1. The summed E-state index contributed by atoms with van der Waals surface area (Å²) in [4.78, 5) is 31.2. The van der Waals surface area contributed by atoms with Crippen LogP contribution in [0.15, 0.2) is 42.5 Å². The van der Waals surface area contributed by atoms with Gasteiger partial charge >= 0.3 is 12.1 Å². The highest BCUT2D eigenvalue weighted by Crippen LogP contribution is 2.31. The number of nitrogens with one attached hydrogen (secondary N) is 1. The molecule has 0 spiro atoms. The lowest BCUT2D eigenvalue weighted by Gasteiger charge is -2.36. The molecule has 0 aliphatic carbocycles. The molecular formula is C25H31ClN4O3. The molecular weight excluding hydrogens is 440 g/mol. The summed E-state index contributed by atoms with van der Waals surface area (Å²) in [7, 11) is 0. The van der Waals surface area contributed by atoms with Gasteiger partial charge in [0.15, 0.2) is 0 Å². The second kappa shape index (κ2) is 9.51. The number of benzene rings is 2. The molecule has 0 saturated carbocycles. The molecule has 1 N–H and O–H groups in total. The molecule has 2 aliphatic rings. The van der Waals surface area contributed by atoms with E-state index >= 15 is 0 Å². The molecule has 8 heteroatoms. The van der Waals surface area contributed by atoms with E-state index in [0.29, 0.717) is 24.7 Å². The largest absolute Gasteiger partial charge is 0.443 e. The molecule has 33 heavy (non-hydrogen) atoms. The molecule has 1 fully saturated rings.